The minimum absolute atomic E-state index is 0.0927. The number of benzene rings is 2. The lowest BCUT2D eigenvalue weighted by Crippen LogP contribution is -2.52. The summed E-state index contributed by atoms with van der Waals surface area (Å²) in [6, 6.07) is 18.7. The van der Waals surface area contributed by atoms with Crippen LogP contribution in [-0.2, 0) is 19.6 Å². The van der Waals surface area contributed by atoms with Gasteiger partial charge in [0, 0.05) is 57.5 Å². The van der Waals surface area contributed by atoms with Crippen molar-refractivity contribution in [1.29, 1.82) is 0 Å². The fraction of sp³-hybridized carbons (Fsp3) is 0.333. The summed E-state index contributed by atoms with van der Waals surface area (Å²) in [5, 5.41) is 18.5. The van der Waals surface area contributed by atoms with Gasteiger partial charge in [-0.15, -0.1) is 0 Å². The van der Waals surface area contributed by atoms with Gasteiger partial charge in [-0.25, -0.2) is 4.99 Å². The van der Waals surface area contributed by atoms with Crippen LogP contribution in [0.2, 0.25) is 0 Å². The van der Waals surface area contributed by atoms with E-state index in [0.717, 1.165) is 61.3 Å². The monoisotopic (exact) mass is 448 g/mol. The first-order valence-corrected chi connectivity index (χ1v) is 11.0. The largest absolute Gasteiger partial charge is 0.361 e. The Bertz CT molecular complexity index is 1070. The van der Waals surface area contributed by atoms with Crippen LogP contribution >= 0.6 is 0 Å². The Labute approximate surface area is 192 Å². The van der Waals surface area contributed by atoms with E-state index in [1.165, 1.54) is 12.1 Å². The Balaban J connectivity index is 1.39. The number of aromatic nitrogens is 1. The van der Waals surface area contributed by atoms with Crippen molar-refractivity contribution < 1.29 is 9.45 Å². The van der Waals surface area contributed by atoms with Crippen LogP contribution in [-0.4, -0.2) is 52.0 Å². The molecular formula is C24H28N6O3. The van der Waals surface area contributed by atoms with Crippen LogP contribution in [0.1, 0.15) is 22.6 Å². The van der Waals surface area contributed by atoms with Gasteiger partial charge in [-0.2, -0.15) is 0 Å². The molecule has 0 unspecified atom stereocenters. The molecule has 1 fully saturated rings. The first-order valence-electron chi connectivity index (χ1n) is 11.0. The third kappa shape index (κ3) is 6.39. The highest BCUT2D eigenvalue weighted by Crippen LogP contribution is 2.13. The molecule has 2 aromatic carbocycles. The van der Waals surface area contributed by atoms with E-state index in [4.69, 9.17) is 9.52 Å². The highest BCUT2D eigenvalue weighted by molar-refractivity contribution is 5.80. The molecule has 0 atom stereocenters. The summed E-state index contributed by atoms with van der Waals surface area (Å²) in [5.74, 6) is 1.67. The molecule has 1 aromatic heterocycles. The molecule has 1 aliphatic heterocycles. The van der Waals surface area contributed by atoms with E-state index in [0.29, 0.717) is 13.1 Å². The summed E-state index contributed by atoms with van der Waals surface area (Å²) in [4.78, 5) is 20.0. The summed E-state index contributed by atoms with van der Waals surface area (Å²) in [7, 11) is 0. The number of hydrogen-bond donors (Lipinski definition) is 1. The number of aryl methyl sites for hydroxylation is 1. The molecule has 4 rings (SSSR count). The first-order chi connectivity index (χ1) is 16.1. The van der Waals surface area contributed by atoms with Gasteiger partial charge >= 0.3 is 0 Å². The van der Waals surface area contributed by atoms with Gasteiger partial charge in [0.1, 0.15) is 5.76 Å². The van der Waals surface area contributed by atoms with Gasteiger partial charge < -0.3 is 14.7 Å². The van der Waals surface area contributed by atoms with E-state index >= 15 is 0 Å². The Morgan fingerprint density at radius 3 is 2.45 bits per heavy atom. The highest BCUT2D eigenvalue weighted by Gasteiger charge is 2.21. The number of nitrogens with zero attached hydrogens (tertiary/aromatic N) is 5. The third-order valence-electron chi connectivity index (χ3n) is 5.59. The van der Waals surface area contributed by atoms with Gasteiger partial charge in [-0.3, -0.25) is 15.0 Å². The van der Waals surface area contributed by atoms with Crippen LogP contribution in [0.3, 0.4) is 0 Å². The molecule has 33 heavy (non-hydrogen) atoms. The van der Waals surface area contributed by atoms with E-state index in [-0.39, 0.29) is 10.6 Å². The smallest absolute Gasteiger partial charge is 0.269 e. The lowest BCUT2D eigenvalue weighted by Gasteiger charge is -2.36. The second-order valence-electron chi connectivity index (χ2n) is 8.09. The maximum atomic E-state index is 10.9. The summed E-state index contributed by atoms with van der Waals surface area (Å²) in [6.45, 7) is 7.30. The van der Waals surface area contributed by atoms with Crippen LogP contribution in [0.25, 0.3) is 0 Å². The Morgan fingerprint density at radius 2 is 1.82 bits per heavy atom. The summed E-state index contributed by atoms with van der Waals surface area (Å²) >= 11 is 0. The summed E-state index contributed by atoms with van der Waals surface area (Å²) < 4.78 is 5.18. The number of aliphatic imine (C=N–C) groups is 1. The van der Waals surface area contributed by atoms with Gasteiger partial charge in [0.15, 0.2) is 5.96 Å². The van der Waals surface area contributed by atoms with Crippen LogP contribution < -0.4 is 5.32 Å². The molecular weight excluding hydrogens is 420 g/mol. The number of non-ortho nitro benzene ring substituents is 1. The lowest BCUT2D eigenvalue weighted by molar-refractivity contribution is -0.384. The van der Waals surface area contributed by atoms with Crippen LogP contribution in [0, 0.1) is 17.0 Å². The van der Waals surface area contributed by atoms with Gasteiger partial charge in [-0.05, 0) is 18.1 Å². The van der Waals surface area contributed by atoms with Crippen molar-refractivity contribution in [3.05, 3.63) is 93.4 Å². The summed E-state index contributed by atoms with van der Waals surface area (Å²) in [5.41, 5.74) is 3.16. The van der Waals surface area contributed by atoms with Crippen LogP contribution in [0.4, 0.5) is 5.69 Å². The Kier molecular flexibility index (Phi) is 7.31. The quantitative estimate of drug-likeness (QED) is 0.256. The molecule has 172 valence electrons. The minimum Gasteiger partial charge on any atom is -0.361 e. The van der Waals surface area contributed by atoms with E-state index in [1.807, 2.05) is 31.2 Å². The molecule has 0 saturated carbocycles. The lowest BCUT2D eigenvalue weighted by atomic mass is 10.2. The zero-order chi connectivity index (χ0) is 23.0. The standard InChI is InChI=1S/C24H28N6O3/c1-19-15-22(27-33-19)18-28-11-13-29(14-12-28)24(25-16-20-5-3-2-4-6-20)26-17-21-7-9-23(10-8-21)30(31)32/h2-10,15H,11-14,16-18H2,1H3,(H,25,26). The first kappa shape index (κ1) is 22.5. The van der Waals surface area contributed by atoms with Crippen molar-refractivity contribution in [3.63, 3.8) is 0 Å². The molecule has 9 heteroatoms. The number of hydrogen-bond acceptors (Lipinski definition) is 6. The molecule has 0 amide bonds. The van der Waals surface area contributed by atoms with Gasteiger partial charge in [-0.1, -0.05) is 47.6 Å². The van der Waals surface area contributed by atoms with Gasteiger partial charge in [0.25, 0.3) is 5.69 Å². The molecule has 2 heterocycles. The number of nitro groups is 1. The van der Waals surface area contributed by atoms with Crippen molar-refractivity contribution in [1.82, 2.24) is 20.3 Å². The average Bonchev–Trinajstić information content (AvgIpc) is 3.25. The molecule has 1 saturated heterocycles. The van der Waals surface area contributed by atoms with Gasteiger partial charge in [0.05, 0.1) is 17.2 Å². The van der Waals surface area contributed by atoms with Crippen LogP contribution in [0.15, 0.2) is 70.2 Å². The maximum Gasteiger partial charge on any atom is 0.269 e. The third-order valence-corrected chi connectivity index (χ3v) is 5.59. The molecule has 9 nitrogen and oxygen atoms in total. The predicted molar refractivity (Wildman–Crippen MR) is 126 cm³/mol. The summed E-state index contributed by atoms with van der Waals surface area (Å²) in [6.07, 6.45) is 0. The highest BCUT2D eigenvalue weighted by atomic mass is 16.6. The van der Waals surface area contributed by atoms with E-state index in [2.05, 4.69) is 32.4 Å². The van der Waals surface area contributed by atoms with E-state index in [9.17, 15) is 10.1 Å². The molecule has 0 aliphatic carbocycles. The molecule has 0 spiro atoms. The zero-order valence-electron chi connectivity index (χ0n) is 18.7. The number of rotatable bonds is 7. The van der Waals surface area contributed by atoms with Crippen molar-refractivity contribution in [3.8, 4) is 0 Å². The second kappa shape index (κ2) is 10.7. The molecule has 1 N–H and O–H groups in total. The number of nitrogens with one attached hydrogen (secondary N) is 1. The predicted octanol–water partition coefficient (Wildman–Crippen LogP) is 3.35. The fourth-order valence-corrected chi connectivity index (χ4v) is 3.77. The average molecular weight is 449 g/mol. The Hall–Kier alpha value is -3.72. The number of piperazine rings is 1. The van der Waals surface area contributed by atoms with Crippen molar-refractivity contribution in [2.24, 2.45) is 4.99 Å². The molecule has 0 bridgehead atoms. The molecule has 3 aromatic rings. The Morgan fingerprint density at radius 1 is 1.09 bits per heavy atom. The normalized spacial score (nSPS) is 14.9. The molecule has 1 aliphatic rings. The second-order valence-corrected chi connectivity index (χ2v) is 8.09. The van der Waals surface area contributed by atoms with E-state index < -0.39 is 0 Å². The molecule has 0 radical (unpaired) electrons. The maximum absolute atomic E-state index is 10.9. The van der Waals surface area contributed by atoms with Crippen LogP contribution in [0.5, 0.6) is 0 Å². The van der Waals surface area contributed by atoms with Crippen molar-refractivity contribution in [2.45, 2.75) is 26.6 Å². The number of guanidine groups is 1. The minimum atomic E-state index is -0.385. The SMILES string of the molecule is Cc1cc(CN2CCN(C(=NCc3ccccc3)NCc3ccc([N+](=O)[O-])cc3)CC2)no1. The van der Waals surface area contributed by atoms with E-state index in [1.54, 1.807) is 12.1 Å². The fourth-order valence-electron chi connectivity index (χ4n) is 3.77. The van der Waals surface area contributed by atoms with Crippen molar-refractivity contribution >= 4 is 11.6 Å². The zero-order valence-corrected chi connectivity index (χ0v) is 18.7. The number of nitro benzene ring substituents is 1. The van der Waals surface area contributed by atoms with Gasteiger partial charge in [0.2, 0.25) is 0 Å². The topological polar surface area (TPSA) is 100 Å². The van der Waals surface area contributed by atoms with Crippen molar-refractivity contribution in [2.75, 3.05) is 26.2 Å².